The monoisotopic (exact) mass is 243 g/mol. The van der Waals surface area contributed by atoms with Crippen LogP contribution in [0.15, 0.2) is 24.3 Å². The first-order valence-corrected chi connectivity index (χ1v) is 7.65. The molecule has 1 fully saturated rings. The van der Waals surface area contributed by atoms with Gasteiger partial charge in [-0.25, -0.2) is 0 Å². The van der Waals surface area contributed by atoms with Gasteiger partial charge in [-0.3, -0.25) is 0 Å². The topological polar surface area (TPSA) is 26.0 Å². The molecule has 0 aliphatic heterocycles. The summed E-state index contributed by atoms with van der Waals surface area (Å²) in [7, 11) is 0. The Morgan fingerprint density at radius 1 is 1.06 bits per heavy atom. The van der Waals surface area contributed by atoms with E-state index in [0.29, 0.717) is 0 Å². The van der Waals surface area contributed by atoms with Gasteiger partial charge in [-0.15, -0.1) is 0 Å². The lowest BCUT2D eigenvalue weighted by atomic mass is 9.78. The molecule has 1 atom stereocenters. The predicted octanol–water partition coefficient (Wildman–Crippen LogP) is 4.15. The van der Waals surface area contributed by atoms with Gasteiger partial charge in [-0.1, -0.05) is 56.4 Å². The molecule has 0 saturated heterocycles. The molecule has 18 heavy (non-hydrogen) atoms. The van der Waals surface area contributed by atoms with Crippen molar-refractivity contribution in [3.05, 3.63) is 35.4 Å². The fourth-order valence-corrected chi connectivity index (χ4v) is 4.06. The molecular formula is C17H25N. The zero-order valence-corrected chi connectivity index (χ0v) is 11.3. The first-order chi connectivity index (χ1) is 8.78. The van der Waals surface area contributed by atoms with Crippen LogP contribution >= 0.6 is 0 Å². The maximum absolute atomic E-state index is 6.85. The van der Waals surface area contributed by atoms with Gasteiger partial charge in [0.2, 0.25) is 0 Å². The van der Waals surface area contributed by atoms with E-state index < -0.39 is 0 Å². The standard InChI is InChI=1S/C17H25N/c18-17(13-14-7-1-2-8-14)12-6-5-10-15-9-3-4-11-16(15)17/h3-4,9,11,14H,1-2,5-8,10,12-13,18H2. The molecule has 0 bridgehead atoms. The Labute approximate surface area is 111 Å². The van der Waals surface area contributed by atoms with Crippen LogP contribution in [0.25, 0.3) is 0 Å². The highest BCUT2D eigenvalue weighted by Gasteiger charge is 2.34. The van der Waals surface area contributed by atoms with E-state index in [0.717, 1.165) is 5.92 Å². The molecule has 1 unspecified atom stereocenters. The van der Waals surface area contributed by atoms with Crippen LogP contribution < -0.4 is 5.73 Å². The average molecular weight is 243 g/mol. The minimum absolute atomic E-state index is 0.0396. The highest BCUT2D eigenvalue weighted by atomic mass is 14.7. The van der Waals surface area contributed by atoms with Gasteiger partial charge in [0.25, 0.3) is 0 Å². The number of rotatable bonds is 2. The van der Waals surface area contributed by atoms with Crippen LogP contribution in [0.2, 0.25) is 0 Å². The van der Waals surface area contributed by atoms with Gasteiger partial charge in [-0.05, 0) is 42.7 Å². The molecule has 0 amide bonds. The average Bonchev–Trinajstić information content (AvgIpc) is 2.82. The summed E-state index contributed by atoms with van der Waals surface area (Å²) in [6.07, 6.45) is 11.9. The highest BCUT2D eigenvalue weighted by molar-refractivity contribution is 5.34. The molecular weight excluding hydrogens is 218 g/mol. The van der Waals surface area contributed by atoms with Crippen LogP contribution in [0, 0.1) is 5.92 Å². The van der Waals surface area contributed by atoms with Gasteiger partial charge in [0.1, 0.15) is 0 Å². The lowest BCUT2D eigenvalue weighted by Crippen LogP contribution is -2.38. The minimum Gasteiger partial charge on any atom is -0.321 e. The summed E-state index contributed by atoms with van der Waals surface area (Å²) in [5.74, 6) is 0.876. The van der Waals surface area contributed by atoms with Crippen molar-refractivity contribution in [2.45, 2.75) is 63.3 Å². The number of nitrogens with two attached hydrogens (primary N) is 1. The molecule has 2 aliphatic carbocycles. The normalized spacial score (nSPS) is 28.9. The van der Waals surface area contributed by atoms with Crippen molar-refractivity contribution >= 4 is 0 Å². The van der Waals surface area contributed by atoms with Crippen LogP contribution in [-0.4, -0.2) is 0 Å². The zero-order chi connectivity index (χ0) is 12.4. The Hall–Kier alpha value is -0.820. The molecule has 1 nitrogen and oxygen atoms in total. The van der Waals surface area contributed by atoms with Gasteiger partial charge in [-0.2, -0.15) is 0 Å². The largest absolute Gasteiger partial charge is 0.321 e. The second-order valence-corrected chi connectivity index (χ2v) is 6.37. The number of hydrogen-bond acceptors (Lipinski definition) is 1. The van der Waals surface area contributed by atoms with Crippen molar-refractivity contribution in [3.8, 4) is 0 Å². The molecule has 0 radical (unpaired) electrons. The fraction of sp³-hybridized carbons (Fsp3) is 0.647. The Morgan fingerprint density at radius 2 is 1.83 bits per heavy atom. The first kappa shape index (κ1) is 12.2. The van der Waals surface area contributed by atoms with Gasteiger partial charge in [0, 0.05) is 5.54 Å². The Morgan fingerprint density at radius 3 is 2.67 bits per heavy atom. The van der Waals surface area contributed by atoms with E-state index in [9.17, 15) is 0 Å². The third-order valence-electron chi connectivity index (χ3n) is 5.00. The Balaban J connectivity index is 1.89. The summed E-state index contributed by atoms with van der Waals surface area (Å²) in [5.41, 5.74) is 9.77. The number of fused-ring (bicyclic) bond motifs is 1. The van der Waals surface area contributed by atoms with E-state index >= 15 is 0 Å². The maximum atomic E-state index is 6.85. The van der Waals surface area contributed by atoms with E-state index in [4.69, 9.17) is 5.73 Å². The molecule has 1 aromatic carbocycles. The van der Waals surface area contributed by atoms with Gasteiger partial charge in [0.05, 0.1) is 0 Å². The highest BCUT2D eigenvalue weighted by Crippen LogP contribution is 2.40. The van der Waals surface area contributed by atoms with Crippen molar-refractivity contribution in [2.24, 2.45) is 11.7 Å². The van der Waals surface area contributed by atoms with Crippen LogP contribution in [0.1, 0.15) is 62.5 Å². The lowest BCUT2D eigenvalue weighted by Gasteiger charge is -2.33. The summed E-state index contributed by atoms with van der Waals surface area (Å²) >= 11 is 0. The SMILES string of the molecule is NC1(CC2CCCC2)CCCCc2ccccc21. The molecule has 1 saturated carbocycles. The molecule has 1 heteroatoms. The summed E-state index contributed by atoms with van der Waals surface area (Å²) in [4.78, 5) is 0. The van der Waals surface area contributed by atoms with E-state index in [1.807, 2.05) is 0 Å². The first-order valence-electron chi connectivity index (χ1n) is 7.65. The van der Waals surface area contributed by atoms with E-state index in [1.165, 1.54) is 68.9 Å². The summed E-state index contributed by atoms with van der Waals surface area (Å²) in [5, 5.41) is 0. The Bertz CT molecular complexity index is 406. The van der Waals surface area contributed by atoms with E-state index in [1.54, 1.807) is 0 Å². The molecule has 0 spiro atoms. The van der Waals surface area contributed by atoms with Gasteiger partial charge < -0.3 is 5.73 Å². The summed E-state index contributed by atoms with van der Waals surface area (Å²) < 4.78 is 0. The van der Waals surface area contributed by atoms with Crippen LogP contribution in [-0.2, 0) is 12.0 Å². The fourth-order valence-electron chi connectivity index (χ4n) is 4.06. The minimum atomic E-state index is -0.0396. The second-order valence-electron chi connectivity index (χ2n) is 6.37. The second kappa shape index (κ2) is 5.05. The van der Waals surface area contributed by atoms with Crippen molar-refractivity contribution in [3.63, 3.8) is 0 Å². The lowest BCUT2D eigenvalue weighted by molar-refractivity contribution is 0.302. The molecule has 2 N–H and O–H groups in total. The number of hydrogen-bond donors (Lipinski definition) is 1. The van der Waals surface area contributed by atoms with Crippen LogP contribution in [0.4, 0.5) is 0 Å². The summed E-state index contributed by atoms with van der Waals surface area (Å²) in [6, 6.07) is 8.91. The maximum Gasteiger partial charge on any atom is 0.0415 e. The molecule has 3 rings (SSSR count). The van der Waals surface area contributed by atoms with Crippen molar-refractivity contribution in [2.75, 3.05) is 0 Å². The molecule has 0 aromatic heterocycles. The molecule has 1 aromatic rings. The third-order valence-corrected chi connectivity index (χ3v) is 5.00. The van der Waals surface area contributed by atoms with Crippen molar-refractivity contribution in [1.29, 1.82) is 0 Å². The van der Waals surface area contributed by atoms with E-state index in [2.05, 4.69) is 24.3 Å². The Kier molecular flexibility index (Phi) is 3.43. The molecule has 98 valence electrons. The van der Waals surface area contributed by atoms with Crippen molar-refractivity contribution in [1.82, 2.24) is 0 Å². The quantitative estimate of drug-likeness (QED) is 0.776. The smallest absolute Gasteiger partial charge is 0.0415 e. The number of benzene rings is 1. The third kappa shape index (κ3) is 2.33. The predicted molar refractivity (Wildman–Crippen MR) is 76.4 cm³/mol. The van der Waals surface area contributed by atoms with Crippen LogP contribution in [0.5, 0.6) is 0 Å². The van der Waals surface area contributed by atoms with Gasteiger partial charge >= 0.3 is 0 Å². The zero-order valence-electron chi connectivity index (χ0n) is 11.3. The number of aryl methyl sites for hydroxylation is 1. The van der Waals surface area contributed by atoms with Crippen LogP contribution in [0.3, 0.4) is 0 Å². The van der Waals surface area contributed by atoms with Crippen molar-refractivity contribution < 1.29 is 0 Å². The molecule has 0 heterocycles. The van der Waals surface area contributed by atoms with Gasteiger partial charge in [0.15, 0.2) is 0 Å². The summed E-state index contributed by atoms with van der Waals surface area (Å²) in [6.45, 7) is 0. The van der Waals surface area contributed by atoms with E-state index in [-0.39, 0.29) is 5.54 Å². The molecule has 2 aliphatic rings.